The summed E-state index contributed by atoms with van der Waals surface area (Å²) < 4.78 is 2.03. The number of carboxylic acid groups (broad SMARTS) is 1. The van der Waals surface area contributed by atoms with E-state index in [1.165, 1.54) is 5.69 Å². The fraction of sp³-hybridized carbons (Fsp3) is 0.733. The van der Waals surface area contributed by atoms with Crippen LogP contribution >= 0.6 is 0 Å². The number of rotatable bonds is 6. The quantitative estimate of drug-likeness (QED) is 0.837. The number of nitrogens with one attached hydrogen (secondary N) is 1. The smallest absolute Gasteiger partial charge is 0.306 e. The molecule has 1 fully saturated rings. The van der Waals surface area contributed by atoms with Crippen LogP contribution in [0.15, 0.2) is 6.07 Å². The second-order valence-electron chi connectivity index (χ2n) is 5.78. The molecule has 1 aromatic rings. The molecule has 1 saturated carbocycles. The molecule has 0 aromatic carbocycles. The summed E-state index contributed by atoms with van der Waals surface area (Å²) >= 11 is 0. The molecule has 112 valence electrons. The largest absolute Gasteiger partial charge is 0.481 e. The number of hydrogen-bond acceptors (Lipinski definition) is 3. The van der Waals surface area contributed by atoms with E-state index in [-0.39, 0.29) is 5.92 Å². The Morgan fingerprint density at radius 2 is 2.15 bits per heavy atom. The van der Waals surface area contributed by atoms with Crippen LogP contribution in [0.5, 0.6) is 0 Å². The molecule has 1 aromatic heterocycles. The molecule has 0 bridgehead atoms. The van der Waals surface area contributed by atoms with Crippen LogP contribution in [0.1, 0.15) is 44.0 Å². The van der Waals surface area contributed by atoms with Gasteiger partial charge in [-0.3, -0.25) is 9.48 Å². The van der Waals surface area contributed by atoms with Crippen molar-refractivity contribution in [2.24, 2.45) is 11.8 Å². The third-order valence-corrected chi connectivity index (χ3v) is 4.22. The zero-order chi connectivity index (χ0) is 14.5. The summed E-state index contributed by atoms with van der Waals surface area (Å²) in [5.41, 5.74) is 2.29. The van der Waals surface area contributed by atoms with Crippen molar-refractivity contribution < 1.29 is 9.90 Å². The van der Waals surface area contributed by atoms with Crippen molar-refractivity contribution in [3.05, 3.63) is 17.5 Å². The van der Waals surface area contributed by atoms with Gasteiger partial charge in [-0.15, -0.1) is 0 Å². The van der Waals surface area contributed by atoms with Crippen molar-refractivity contribution in [3.8, 4) is 0 Å². The Bertz CT molecular complexity index is 448. The molecule has 0 radical (unpaired) electrons. The third kappa shape index (κ3) is 3.82. The summed E-state index contributed by atoms with van der Waals surface area (Å²) in [5, 5.41) is 16.9. The third-order valence-electron chi connectivity index (χ3n) is 4.22. The fourth-order valence-electron chi connectivity index (χ4n) is 3.03. The first-order valence-electron chi connectivity index (χ1n) is 7.57. The van der Waals surface area contributed by atoms with E-state index in [9.17, 15) is 4.79 Å². The first-order valence-corrected chi connectivity index (χ1v) is 7.57. The summed E-state index contributed by atoms with van der Waals surface area (Å²) in [4.78, 5) is 10.9. The van der Waals surface area contributed by atoms with Crippen molar-refractivity contribution in [3.63, 3.8) is 0 Å². The minimum atomic E-state index is -0.626. The molecule has 2 N–H and O–H groups in total. The molecule has 1 aliphatic rings. The summed E-state index contributed by atoms with van der Waals surface area (Å²) in [6.07, 6.45) is 3.70. The van der Waals surface area contributed by atoms with E-state index < -0.39 is 5.97 Å². The second-order valence-corrected chi connectivity index (χ2v) is 5.78. The highest BCUT2D eigenvalue weighted by Gasteiger charge is 2.25. The van der Waals surface area contributed by atoms with Crippen LogP contribution in [0.25, 0.3) is 0 Å². The Balaban J connectivity index is 1.73. The Hall–Kier alpha value is -1.36. The molecule has 0 amide bonds. The molecule has 5 nitrogen and oxygen atoms in total. The van der Waals surface area contributed by atoms with Crippen molar-refractivity contribution in [2.75, 3.05) is 6.54 Å². The van der Waals surface area contributed by atoms with Crippen LogP contribution in [-0.4, -0.2) is 27.4 Å². The normalized spacial score (nSPS) is 22.9. The standard InChI is InChI=1S/C15H25N3O2/c1-3-18-14(8-11(2)17-18)10-16-9-12-4-6-13(7-5-12)15(19)20/h8,12-13,16H,3-7,9-10H2,1-2H3,(H,19,20). The van der Waals surface area contributed by atoms with E-state index in [1.807, 2.05) is 11.6 Å². The number of aryl methyl sites for hydroxylation is 2. The van der Waals surface area contributed by atoms with Gasteiger partial charge in [0.25, 0.3) is 0 Å². The monoisotopic (exact) mass is 279 g/mol. The van der Waals surface area contributed by atoms with Crippen LogP contribution < -0.4 is 5.32 Å². The van der Waals surface area contributed by atoms with Gasteiger partial charge in [-0.1, -0.05) is 0 Å². The highest BCUT2D eigenvalue weighted by molar-refractivity contribution is 5.69. The lowest BCUT2D eigenvalue weighted by atomic mass is 9.82. The molecule has 2 rings (SSSR count). The first kappa shape index (κ1) is 15.0. The average Bonchev–Trinajstić information content (AvgIpc) is 2.79. The van der Waals surface area contributed by atoms with Gasteiger partial charge in [0.2, 0.25) is 0 Å². The molecule has 1 heterocycles. The van der Waals surface area contributed by atoms with Gasteiger partial charge in [0.05, 0.1) is 17.3 Å². The molecular formula is C15H25N3O2. The fourth-order valence-corrected chi connectivity index (χ4v) is 3.03. The van der Waals surface area contributed by atoms with Gasteiger partial charge < -0.3 is 10.4 Å². The van der Waals surface area contributed by atoms with Crippen molar-refractivity contribution in [1.82, 2.24) is 15.1 Å². The minimum Gasteiger partial charge on any atom is -0.481 e. The SMILES string of the molecule is CCn1nc(C)cc1CNCC1CCC(C(=O)O)CC1. The minimum absolute atomic E-state index is 0.115. The number of aliphatic carboxylic acids is 1. The first-order chi connectivity index (χ1) is 9.60. The van der Waals surface area contributed by atoms with E-state index >= 15 is 0 Å². The second kappa shape index (κ2) is 6.88. The molecule has 0 saturated heterocycles. The molecule has 0 atom stereocenters. The highest BCUT2D eigenvalue weighted by atomic mass is 16.4. The molecule has 0 aliphatic heterocycles. The van der Waals surface area contributed by atoms with Gasteiger partial charge in [0.1, 0.15) is 0 Å². The van der Waals surface area contributed by atoms with Crippen LogP contribution in [0.3, 0.4) is 0 Å². The zero-order valence-corrected chi connectivity index (χ0v) is 12.4. The predicted molar refractivity (Wildman–Crippen MR) is 77.4 cm³/mol. The van der Waals surface area contributed by atoms with Crippen molar-refractivity contribution in [1.29, 1.82) is 0 Å². The molecule has 20 heavy (non-hydrogen) atoms. The number of hydrogen-bond donors (Lipinski definition) is 2. The Morgan fingerprint density at radius 3 is 2.75 bits per heavy atom. The lowest BCUT2D eigenvalue weighted by molar-refractivity contribution is -0.143. The number of nitrogens with zero attached hydrogens (tertiary/aromatic N) is 2. The maximum Gasteiger partial charge on any atom is 0.306 e. The highest BCUT2D eigenvalue weighted by Crippen LogP contribution is 2.28. The topological polar surface area (TPSA) is 67.2 Å². The van der Waals surface area contributed by atoms with E-state index in [0.717, 1.165) is 51.0 Å². The van der Waals surface area contributed by atoms with Gasteiger partial charge in [0.15, 0.2) is 0 Å². The van der Waals surface area contributed by atoms with Crippen molar-refractivity contribution in [2.45, 2.75) is 52.6 Å². The molecule has 0 spiro atoms. The van der Waals surface area contributed by atoms with Crippen LogP contribution in [0.4, 0.5) is 0 Å². The predicted octanol–water partition coefficient (Wildman–Crippen LogP) is 2.19. The molecular weight excluding hydrogens is 254 g/mol. The maximum absolute atomic E-state index is 10.9. The molecule has 5 heteroatoms. The van der Waals surface area contributed by atoms with Gasteiger partial charge in [-0.25, -0.2) is 0 Å². The number of aromatic nitrogens is 2. The lowest BCUT2D eigenvalue weighted by Gasteiger charge is -2.26. The Morgan fingerprint density at radius 1 is 1.45 bits per heavy atom. The molecule has 1 aliphatic carbocycles. The van der Waals surface area contributed by atoms with E-state index in [2.05, 4.69) is 23.4 Å². The summed E-state index contributed by atoms with van der Waals surface area (Å²) in [6, 6.07) is 2.12. The maximum atomic E-state index is 10.9. The van der Waals surface area contributed by atoms with Crippen molar-refractivity contribution >= 4 is 5.97 Å². The average molecular weight is 279 g/mol. The van der Waals surface area contributed by atoms with Gasteiger partial charge in [-0.05, 0) is 58.1 Å². The Labute approximate surface area is 120 Å². The summed E-state index contributed by atoms with van der Waals surface area (Å²) in [7, 11) is 0. The summed E-state index contributed by atoms with van der Waals surface area (Å²) in [5.74, 6) is -0.126. The van der Waals surface area contributed by atoms with Gasteiger partial charge in [0, 0.05) is 13.1 Å². The van der Waals surface area contributed by atoms with Gasteiger partial charge >= 0.3 is 5.97 Å². The lowest BCUT2D eigenvalue weighted by Crippen LogP contribution is -2.29. The van der Waals surface area contributed by atoms with E-state index in [4.69, 9.17) is 5.11 Å². The van der Waals surface area contributed by atoms with E-state index in [1.54, 1.807) is 0 Å². The van der Waals surface area contributed by atoms with Crippen LogP contribution in [-0.2, 0) is 17.9 Å². The van der Waals surface area contributed by atoms with E-state index in [0.29, 0.717) is 5.92 Å². The molecule has 0 unspecified atom stereocenters. The summed E-state index contributed by atoms with van der Waals surface area (Å²) in [6.45, 7) is 6.83. The van der Waals surface area contributed by atoms with Crippen LogP contribution in [0, 0.1) is 18.8 Å². The zero-order valence-electron chi connectivity index (χ0n) is 12.4. The van der Waals surface area contributed by atoms with Gasteiger partial charge in [-0.2, -0.15) is 5.10 Å². The van der Waals surface area contributed by atoms with Crippen LogP contribution in [0.2, 0.25) is 0 Å². The number of carboxylic acids is 1. The Kier molecular flexibility index (Phi) is 5.17. The number of carbonyl (C=O) groups is 1.